The number of fused-ring (bicyclic) bond motifs is 7. The topological polar surface area (TPSA) is 29.9 Å². The molecule has 0 aliphatic carbocycles. The van der Waals surface area contributed by atoms with Crippen molar-refractivity contribution in [3.05, 3.63) is 59.4 Å². The Hall–Kier alpha value is -2.68. The lowest BCUT2D eigenvalue weighted by Gasteiger charge is -2.07. The highest BCUT2D eigenvalue weighted by atomic mass is 16.3. The molecule has 1 aliphatic heterocycles. The SMILES string of the molecule is Cc1cc2[n+](cc1CC(C)C)Cc1ccc3c(oc4ncccc43)c1-2. The zero-order valence-electron chi connectivity index (χ0n) is 14.8. The number of benzene rings is 1. The van der Waals surface area contributed by atoms with Crippen LogP contribution in [0.1, 0.15) is 30.5 Å². The van der Waals surface area contributed by atoms with Gasteiger partial charge < -0.3 is 4.42 Å². The van der Waals surface area contributed by atoms with Crippen LogP contribution in [-0.4, -0.2) is 4.98 Å². The Morgan fingerprint density at radius 2 is 2.08 bits per heavy atom. The molecule has 0 saturated heterocycles. The summed E-state index contributed by atoms with van der Waals surface area (Å²) in [4.78, 5) is 4.39. The molecular formula is C22H21N2O+. The van der Waals surface area contributed by atoms with Crippen molar-refractivity contribution in [2.24, 2.45) is 5.92 Å². The summed E-state index contributed by atoms with van der Waals surface area (Å²) in [6.07, 6.45) is 5.24. The molecule has 0 radical (unpaired) electrons. The first-order valence-corrected chi connectivity index (χ1v) is 8.94. The number of furan rings is 1. The van der Waals surface area contributed by atoms with Crippen molar-refractivity contribution < 1.29 is 8.98 Å². The Kier molecular flexibility index (Phi) is 3.02. The van der Waals surface area contributed by atoms with Gasteiger partial charge in [0.2, 0.25) is 11.4 Å². The second-order valence-corrected chi connectivity index (χ2v) is 7.53. The van der Waals surface area contributed by atoms with Crippen molar-refractivity contribution in [3.8, 4) is 11.3 Å². The van der Waals surface area contributed by atoms with Gasteiger partial charge in [0.15, 0.2) is 18.3 Å². The molecule has 0 fully saturated rings. The van der Waals surface area contributed by atoms with Crippen LogP contribution < -0.4 is 4.57 Å². The molecule has 3 heteroatoms. The maximum Gasteiger partial charge on any atom is 0.227 e. The molecule has 0 spiro atoms. The van der Waals surface area contributed by atoms with Gasteiger partial charge in [0.05, 0.1) is 5.56 Å². The van der Waals surface area contributed by atoms with E-state index in [1.54, 1.807) is 6.20 Å². The predicted molar refractivity (Wildman–Crippen MR) is 99.5 cm³/mol. The van der Waals surface area contributed by atoms with Crippen LogP contribution in [0.2, 0.25) is 0 Å². The van der Waals surface area contributed by atoms with E-state index < -0.39 is 0 Å². The lowest BCUT2D eigenvalue weighted by atomic mass is 9.98. The molecule has 3 aromatic heterocycles. The van der Waals surface area contributed by atoms with E-state index in [1.807, 2.05) is 6.07 Å². The number of hydrogen-bond acceptors (Lipinski definition) is 2. The molecule has 3 nitrogen and oxygen atoms in total. The molecule has 0 amide bonds. The fraction of sp³-hybridized carbons (Fsp3) is 0.273. The van der Waals surface area contributed by atoms with Crippen LogP contribution in [0.5, 0.6) is 0 Å². The second-order valence-electron chi connectivity index (χ2n) is 7.53. The number of nitrogens with zero attached hydrogens (tertiary/aromatic N) is 2. The summed E-state index contributed by atoms with van der Waals surface area (Å²) in [5, 5.41) is 2.24. The summed E-state index contributed by atoms with van der Waals surface area (Å²) in [6, 6.07) is 10.8. The molecule has 4 aromatic rings. The van der Waals surface area contributed by atoms with Crippen molar-refractivity contribution in [1.82, 2.24) is 4.98 Å². The normalized spacial score (nSPS) is 13.0. The average molecular weight is 329 g/mol. The highest BCUT2D eigenvalue weighted by Gasteiger charge is 2.31. The van der Waals surface area contributed by atoms with Crippen molar-refractivity contribution in [2.75, 3.05) is 0 Å². The second kappa shape index (κ2) is 5.16. The monoisotopic (exact) mass is 329 g/mol. The molecule has 1 aliphatic rings. The molecule has 0 saturated carbocycles. The Bertz CT molecular complexity index is 1140. The molecule has 0 bridgehead atoms. The van der Waals surface area contributed by atoms with E-state index >= 15 is 0 Å². The van der Waals surface area contributed by atoms with Crippen LogP contribution >= 0.6 is 0 Å². The molecule has 1 aromatic carbocycles. The number of hydrogen-bond donors (Lipinski definition) is 0. The molecular weight excluding hydrogens is 308 g/mol. The third-order valence-electron chi connectivity index (χ3n) is 5.21. The highest BCUT2D eigenvalue weighted by molar-refractivity contribution is 6.08. The van der Waals surface area contributed by atoms with E-state index in [2.05, 4.69) is 60.8 Å². The summed E-state index contributed by atoms with van der Waals surface area (Å²) >= 11 is 0. The molecule has 25 heavy (non-hydrogen) atoms. The van der Waals surface area contributed by atoms with Crippen LogP contribution in [0.3, 0.4) is 0 Å². The zero-order valence-corrected chi connectivity index (χ0v) is 14.8. The molecule has 0 unspecified atom stereocenters. The van der Waals surface area contributed by atoms with Gasteiger partial charge in [0, 0.05) is 34.2 Å². The summed E-state index contributed by atoms with van der Waals surface area (Å²) in [7, 11) is 0. The Morgan fingerprint density at radius 3 is 2.92 bits per heavy atom. The van der Waals surface area contributed by atoms with E-state index in [-0.39, 0.29) is 0 Å². The van der Waals surface area contributed by atoms with Crippen molar-refractivity contribution >= 4 is 22.1 Å². The van der Waals surface area contributed by atoms with Gasteiger partial charge in [-0.15, -0.1) is 0 Å². The Balaban J connectivity index is 1.77. The maximum atomic E-state index is 6.16. The number of pyridine rings is 2. The number of rotatable bonds is 2. The van der Waals surface area contributed by atoms with Crippen LogP contribution in [0, 0.1) is 12.8 Å². The van der Waals surface area contributed by atoms with Crippen LogP contribution in [-0.2, 0) is 13.0 Å². The van der Waals surface area contributed by atoms with Crippen LogP contribution in [0.4, 0.5) is 0 Å². The van der Waals surface area contributed by atoms with Crippen LogP contribution in [0.25, 0.3) is 33.3 Å². The smallest absolute Gasteiger partial charge is 0.227 e. The van der Waals surface area contributed by atoms with Gasteiger partial charge in [-0.2, -0.15) is 4.57 Å². The molecule has 0 atom stereocenters. The fourth-order valence-electron chi connectivity index (χ4n) is 4.05. The van der Waals surface area contributed by atoms with E-state index in [0.29, 0.717) is 5.92 Å². The van der Waals surface area contributed by atoms with E-state index in [9.17, 15) is 0 Å². The molecule has 5 rings (SSSR count). The summed E-state index contributed by atoms with van der Waals surface area (Å²) < 4.78 is 8.53. The summed E-state index contributed by atoms with van der Waals surface area (Å²) in [6.45, 7) is 7.68. The number of aromatic nitrogens is 2. The Morgan fingerprint density at radius 1 is 1.20 bits per heavy atom. The minimum Gasteiger partial charge on any atom is -0.437 e. The fourth-order valence-corrected chi connectivity index (χ4v) is 4.05. The molecule has 4 heterocycles. The first-order valence-electron chi connectivity index (χ1n) is 8.94. The minimum atomic E-state index is 0.661. The Labute approximate surface area is 146 Å². The van der Waals surface area contributed by atoms with E-state index in [4.69, 9.17) is 4.42 Å². The van der Waals surface area contributed by atoms with Crippen molar-refractivity contribution in [2.45, 2.75) is 33.7 Å². The van der Waals surface area contributed by atoms with Gasteiger partial charge >= 0.3 is 0 Å². The largest absolute Gasteiger partial charge is 0.437 e. The van der Waals surface area contributed by atoms with Gasteiger partial charge in [0.1, 0.15) is 0 Å². The van der Waals surface area contributed by atoms with E-state index in [0.717, 1.165) is 35.0 Å². The van der Waals surface area contributed by atoms with Crippen molar-refractivity contribution in [1.29, 1.82) is 0 Å². The van der Waals surface area contributed by atoms with Gasteiger partial charge in [0.25, 0.3) is 0 Å². The van der Waals surface area contributed by atoms with E-state index in [1.165, 1.54) is 27.9 Å². The molecule has 0 N–H and O–H groups in total. The third-order valence-corrected chi connectivity index (χ3v) is 5.21. The third kappa shape index (κ3) is 2.12. The standard InChI is InChI=1S/C22H21N2O/c1-13(2)9-16-12-24-11-15-6-7-17-18-5-4-8-23-22(18)25-21(17)20(15)19(24)10-14(16)3/h4-8,10,12-13H,9,11H2,1-3H3/q+1. The van der Waals surface area contributed by atoms with Crippen molar-refractivity contribution in [3.63, 3.8) is 0 Å². The quantitative estimate of drug-likeness (QED) is 0.435. The van der Waals surface area contributed by atoms with Gasteiger partial charge in [-0.3, -0.25) is 0 Å². The summed E-state index contributed by atoms with van der Waals surface area (Å²) in [5.41, 5.74) is 8.30. The zero-order chi connectivity index (χ0) is 17.1. The van der Waals surface area contributed by atoms with Gasteiger partial charge in [-0.25, -0.2) is 4.98 Å². The predicted octanol–water partition coefficient (Wildman–Crippen LogP) is 4.80. The summed E-state index contributed by atoms with van der Waals surface area (Å²) in [5.74, 6) is 0.661. The lowest BCUT2D eigenvalue weighted by molar-refractivity contribution is -0.672. The molecule has 124 valence electrons. The van der Waals surface area contributed by atoms with Gasteiger partial charge in [-0.05, 0) is 43.0 Å². The average Bonchev–Trinajstić information content (AvgIpc) is 3.12. The van der Waals surface area contributed by atoms with Crippen LogP contribution in [0.15, 0.2) is 47.1 Å². The number of aryl methyl sites for hydroxylation is 1. The lowest BCUT2D eigenvalue weighted by Crippen LogP contribution is -2.33. The van der Waals surface area contributed by atoms with Gasteiger partial charge in [-0.1, -0.05) is 19.9 Å². The maximum absolute atomic E-state index is 6.16. The first-order chi connectivity index (χ1) is 12.1. The first kappa shape index (κ1) is 14.6. The minimum absolute atomic E-state index is 0.661. The highest BCUT2D eigenvalue weighted by Crippen LogP contribution is 2.39.